The predicted octanol–water partition coefficient (Wildman–Crippen LogP) is 7.55. The number of fused-ring (bicyclic) bond motifs is 2. The standard InChI is InChI=1S/C45H48N3O9PS2/c1-31-28-48(43(51)46-40(31)49)41-38-39(57-58(47-24-10-11-25-47)60-27-26-59-42(50)32-12-6-4-7-13-32)44(56-41,29-54-38)30-55-45(33-14-8-5-9-15-33,34-16-20-36(52-2)21-17-34)35-18-22-37(53-3)23-19-35/h4-9,12-23,28,38-39,41H,10-11,24-27,29-30H2,1-3H3,(H,46,49,51)/t38-,39+,41-,44-,58?/m1/s1. The van der Waals surface area contributed by atoms with E-state index in [1.165, 1.54) is 22.5 Å². The number of aromatic nitrogens is 2. The molecule has 4 heterocycles. The Morgan fingerprint density at radius 2 is 1.45 bits per heavy atom. The summed E-state index contributed by atoms with van der Waals surface area (Å²) in [6.07, 6.45) is 1.34. The van der Waals surface area contributed by atoms with E-state index in [1.54, 1.807) is 32.5 Å². The van der Waals surface area contributed by atoms with Crippen LogP contribution in [0.15, 0.2) is 125 Å². The third-order valence-electron chi connectivity index (χ3n) is 11.1. The van der Waals surface area contributed by atoms with Crippen molar-refractivity contribution in [3.63, 3.8) is 0 Å². The van der Waals surface area contributed by atoms with E-state index in [2.05, 4.69) is 9.65 Å². The van der Waals surface area contributed by atoms with E-state index in [-0.39, 0.29) is 18.3 Å². The summed E-state index contributed by atoms with van der Waals surface area (Å²) in [5.41, 5.74) is 0.207. The van der Waals surface area contributed by atoms with Gasteiger partial charge in [-0.15, -0.1) is 0 Å². The van der Waals surface area contributed by atoms with Crippen molar-refractivity contribution in [3.8, 4) is 11.5 Å². The minimum absolute atomic E-state index is 0.00394. The fraction of sp³-hybridized carbons (Fsp3) is 0.356. The highest BCUT2D eigenvalue weighted by molar-refractivity contribution is 8.53. The van der Waals surface area contributed by atoms with E-state index in [9.17, 15) is 14.4 Å². The molecule has 12 nitrogen and oxygen atoms in total. The van der Waals surface area contributed by atoms with Gasteiger partial charge in [-0.2, -0.15) is 0 Å². The van der Waals surface area contributed by atoms with Gasteiger partial charge in [-0.1, -0.05) is 108 Å². The number of aryl methyl sites for hydroxylation is 1. The third-order valence-corrected chi connectivity index (χ3v) is 16.3. The maximum absolute atomic E-state index is 13.4. The second-order valence-electron chi connectivity index (χ2n) is 14.9. The summed E-state index contributed by atoms with van der Waals surface area (Å²) >= 11 is 3.01. The van der Waals surface area contributed by atoms with Gasteiger partial charge in [0.1, 0.15) is 34.9 Å². The zero-order chi connectivity index (χ0) is 41.7. The Hall–Kier alpha value is -4.24. The molecule has 15 heteroatoms. The Bertz CT molecular complexity index is 2300. The summed E-state index contributed by atoms with van der Waals surface area (Å²) in [6, 6.07) is 35.0. The van der Waals surface area contributed by atoms with Crippen molar-refractivity contribution in [2.24, 2.45) is 0 Å². The lowest BCUT2D eigenvalue weighted by Gasteiger charge is -2.40. The molecule has 1 unspecified atom stereocenters. The largest absolute Gasteiger partial charge is 0.497 e. The molecule has 0 spiro atoms. The summed E-state index contributed by atoms with van der Waals surface area (Å²) in [5.74, 6) is 2.70. The van der Waals surface area contributed by atoms with Gasteiger partial charge in [0.15, 0.2) is 13.7 Å². The molecule has 3 fully saturated rings. The maximum Gasteiger partial charge on any atom is 0.330 e. The van der Waals surface area contributed by atoms with E-state index in [0.29, 0.717) is 34.1 Å². The fourth-order valence-electron chi connectivity index (χ4n) is 8.00. The number of ether oxygens (including phenoxy) is 5. The smallest absolute Gasteiger partial charge is 0.330 e. The number of aromatic amines is 1. The molecule has 1 N–H and O–H groups in total. The van der Waals surface area contributed by atoms with E-state index >= 15 is 0 Å². The van der Waals surface area contributed by atoms with Gasteiger partial charge in [0.05, 0.1) is 27.4 Å². The van der Waals surface area contributed by atoms with Crippen molar-refractivity contribution in [1.82, 2.24) is 14.2 Å². The number of H-pyrrole nitrogens is 1. The van der Waals surface area contributed by atoms with Crippen LogP contribution in [0.25, 0.3) is 0 Å². The number of thioether (sulfide) groups is 1. The van der Waals surface area contributed by atoms with Crippen molar-refractivity contribution < 1.29 is 33.0 Å². The second kappa shape index (κ2) is 18.8. The lowest BCUT2D eigenvalue weighted by Crippen LogP contribution is -2.49. The first-order chi connectivity index (χ1) is 29.2. The van der Waals surface area contributed by atoms with Gasteiger partial charge in [-0.05, 0) is 60.7 Å². The van der Waals surface area contributed by atoms with E-state index < -0.39 is 48.4 Å². The first-order valence-electron chi connectivity index (χ1n) is 19.9. The van der Waals surface area contributed by atoms with Crippen molar-refractivity contribution in [2.75, 3.05) is 52.0 Å². The molecule has 0 radical (unpaired) electrons. The SMILES string of the molecule is COc1ccc(C(OC[C@@]23CO[C@@H]([C@H](n4cc(C)c(=O)[nH]c4=O)O2)[C@@H]3OP(SCCSC(=O)c2ccccc2)N2CCCC2)(c2ccccc2)c2ccc(OC)cc2)cc1. The number of carbonyl (C=O) groups excluding carboxylic acids is 1. The van der Waals surface area contributed by atoms with Crippen molar-refractivity contribution in [1.29, 1.82) is 0 Å². The topological polar surface area (TPSA) is 131 Å². The monoisotopic (exact) mass is 869 g/mol. The molecular weight excluding hydrogens is 822 g/mol. The molecule has 4 aromatic carbocycles. The molecule has 0 aliphatic carbocycles. The Balaban J connectivity index is 1.16. The molecule has 1 aromatic heterocycles. The molecule has 0 saturated carbocycles. The molecular formula is C45H48N3O9PS2. The molecule has 5 aromatic rings. The molecule has 0 amide bonds. The zero-order valence-corrected chi connectivity index (χ0v) is 36.2. The van der Waals surface area contributed by atoms with Crippen LogP contribution in [0.5, 0.6) is 11.5 Å². The predicted molar refractivity (Wildman–Crippen MR) is 235 cm³/mol. The van der Waals surface area contributed by atoms with E-state index in [4.69, 9.17) is 28.2 Å². The van der Waals surface area contributed by atoms with Crippen LogP contribution in [0.3, 0.4) is 0 Å². The first kappa shape index (κ1) is 42.5. The molecule has 3 aliphatic heterocycles. The quantitative estimate of drug-likeness (QED) is 0.0563. The zero-order valence-electron chi connectivity index (χ0n) is 33.7. The van der Waals surface area contributed by atoms with Gasteiger partial charge in [0.2, 0.25) is 5.12 Å². The van der Waals surface area contributed by atoms with Crippen LogP contribution in [-0.4, -0.2) is 89.2 Å². The second-order valence-corrected chi connectivity index (χ2v) is 19.6. The van der Waals surface area contributed by atoms with Gasteiger partial charge in [-0.3, -0.25) is 23.8 Å². The average molecular weight is 870 g/mol. The maximum atomic E-state index is 13.4. The van der Waals surface area contributed by atoms with Crippen molar-refractivity contribution >= 4 is 35.8 Å². The number of rotatable bonds is 17. The van der Waals surface area contributed by atoms with Gasteiger partial charge in [-0.25, -0.2) is 4.79 Å². The van der Waals surface area contributed by atoms with Crippen LogP contribution in [0.1, 0.15) is 51.7 Å². The lowest BCUT2D eigenvalue weighted by molar-refractivity contribution is -0.203. The minimum atomic E-state index is -1.25. The molecule has 60 heavy (non-hydrogen) atoms. The highest BCUT2D eigenvalue weighted by atomic mass is 32.7. The fourth-order valence-corrected chi connectivity index (χ4v) is 13.3. The summed E-state index contributed by atoms with van der Waals surface area (Å²) in [7, 11) is 2.02. The minimum Gasteiger partial charge on any atom is -0.497 e. The third kappa shape index (κ3) is 8.62. The summed E-state index contributed by atoms with van der Waals surface area (Å²) < 4.78 is 43.2. The summed E-state index contributed by atoms with van der Waals surface area (Å²) in [4.78, 5) is 41.3. The van der Waals surface area contributed by atoms with E-state index in [0.717, 1.165) is 42.6 Å². The number of hydrogen-bond donors (Lipinski definition) is 1. The van der Waals surface area contributed by atoms with Crippen LogP contribution >= 0.6 is 30.6 Å². The van der Waals surface area contributed by atoms with Gasteiger partial charge in [0, 0.05) is 41.9 Å². The van der Waals surface area contributed by atoms with Crippen LogP contribution < -0.4 is 20.7 Å². The van der Waals surface area contributed by atoms with E-state index in [1.807, 2.05) is 109 Å². The Morgan fingerprint density at radius 3 is 2.07 bits per heavy atom. The normalized spacial score (nSPS) is 21.9. The highest BCUT2D eigenvalue weighted by Gasteiger charge is 2.65. The van der Waals surface area contributed by atoms with Crippen LogP contribution in [-0.2, 0) is 24.3 Å². The Labute approximate surface area is 358 Å². The van der Waals surface area contributed by atoms with Crippen LogP contribution in [0.2, 0.25) is 0 Å². The van der Waals surface area contributed by atoms with Crippen LogP contribution in [0, 0.1) is 6.92 Å². The van der Waals surface area contributed by atoms with Gasteiger partial charge < -0.3 is 28.2 Å². The number of nitrogens with one attached hydrogen (secondary N) is 1. The molecule has 3 aliphatic rings. The van der Waals surface area contributed by atoms with Crippen molar-refractivity contribution in [3.05, 3.63) is 164 Å². The average Bonchev–Trinajstić information content (AvgIpc) is 4.02. The highest BCUT2D eigenvalue weighted by Crippen LogP contribution is 2.61. The molecule has 8 rings (SSSR count). The molecule has 5 atom stereocenters. The lowest BCUT2D eigenvalue weighted by atomic mass is 9.79. The molecule has 314 valence electrons. The van der Waals surface area contributed by atoms with Crippen LogP contribution in [0.4, 0.5) is 0 Å². The summed E-state index contributed by atoms with van der Waals surface area (Å²) in [5, 5.41) is 0.0365. The molecule has 3 saturated heterocycles. The van der Waals surface area contributed by atoms with Gasteiger partial charge in [0.25, 0.3) is 5.56 Å². The number of carbonyl (C=O) groups is 1. The van der Waals surface area contributed by atoms with Gasteiger partial charge >= 0.3 is 5.69 Å². The van der Waals surface area contributed by atoms with Crippen molar-refractivity contribution in [2.45, 2.75) is 49.4 Å². The molecule has 2 bridgehead atoms. The summed E-state index contributed by atoms with van der Waals surface area (Å²) in [6.45, 7) is 3.56. The number of nitrogens with zero attached hydrogens (tertiary/aromatic N) is 2. The number of methoxy groups -OCH3 is 2. The number of hydrogen-bond acceptors (Lipinski definition) is 12. The Kier molecular flexibility index (Phi) is 13.3. The first-order valence-corrected chi connectivity index (χ1v) is 23.7. The number of benzene rings is 4. The Morgan fingerprint density at radius 1 is 0.850 bits per heavy atom.